The Balaban J connectivity index is 2.20. The van der Waals surface area contributed by atoms with Crippen molar-refractivity contribution in [3.8, 4) is 6.07 Å². The summed E-state index contributed by atoms with van der Waals surface area (Å²) in [6, 6.07) is 9.21. The fourth-order valence-electron chi connectivity index (χ4n) is 2.39. The van der Waals surface area contributed by atoms with E-state index in [2.05, 4.69) is 27.8 Å². The minimum absolute atomic E-state index is 0.0608. The first kappa shape index (κ1) is 15.6. The van der Waals surface area contributed by atoms with E-state index in [1.807, 2.05) is 0 Å². The van der Waals surface area contributed by atoms with Crippen LogP contribution in [-0.2, 0) is 9.53 Å². The van der Waals surface area contributed by atoms with Crippen molar-refractivity contribution in [2.75, 3.05) is 19.1 Å². The third-order valence-electron chi connectivity index (χ3n) is 3.50. The van der Waals surface area contributed by atoms with Gasteiger partial charge in [-0.2, -0.15) is 0 Å². The highest BCUT2D eigenvalue weighted by Crippen LogP contribution is 2.24. The summed E-state index contributed by atoms with van der Waals surface area (Å²) in [6.07, 6.45) is 3.69. The third-order valence-corrected chi connectivity index (χ3v) is 3.50. The van der Waals surface area contributed by atoms with Gasteiger partial charge in [-0.05, 0) is 30.4 Å². The number of methoxy groups -OCH3 is 1. The van der Waals surface area contributed by atoms with Gasteiger partial charge in [0.1, 0.15) is 5.69 Å². The van der Waals surface area contributed by atoms with Crippen LogP contribution in [0.4, 0.5) is 5.69 Å². The summed E-state index contributed by atoms with van der Waals surface area (Å²) in [6.45, 7) is 4.49. The third kappa shape index (κ3) is 3.44. The van der Waals surface area contributed by atoms with Gasteiger partial charge in [-0.15, -0.1) is 6.58 Å². The van der Waals surface area contributed by atoms with Gasteiger partial charge in [0.25, 0.3) is 5.91 Å². The van der Waals surface area contributed by atoms with Crippen LogP contribution in [0.2, 0.25) is 0 Å². The molecular weight excluding hydrogens is 282 g/mol. The normalized spacial score (nSPS) is 16.4. The van der Waals surface area contributed by atoms with Crippen molar-refractivity contribution in [3.05, 3.63) is 47.4 Å². The van der Waals surface area contributed by atoms with Gasteiger partial charge in [-0.25, -0.2) is 4.79 Å². The molecule has 1 fully saturated rings. The van der Waals surface area contributed by atoms with Gasteiger partial charge < -0.3 is 9.64 Å². The number of esters is 1. The molecule has 1 aromatic carbocycles. The van der Waals surface area contributed by atoms with Crippen molar-refractivity contribution in [2.24, 2.45) is 0 Å². The summed E-state index contributed by atoms with van der Waals surface area (Å²) in [5.74, 6) is -0.777. The van der Waals surface area contributed by atoms with Gasteiger partial charge in [0.2, 0.25) is 0 Å². The van der Waals surface area contributed by atoms with E-state index in [-0.39, 0.29) is 11.9 Å². The van der Waals surface area contributed by atoms with Crippen molar-refractivity contribution in [3.63, 3.8) is 0 Å². The largest absolute Gasteiger partial charge is 0.463 e. The molecule has 0 spiro atoms. The highest BCUT2D eigenvalue weighted by molar-refractivity contribution is 6.00. The Kier molecular flexibility index (Phi) is 5.15. The van der Waals surface area contributed by atoms with E-state index >= 15 is 0 Å². The molecule has 1 aromatic rings. The number of para-hydroxylation sites is 1. The molecule has 0 aromatic heterocycles. The zero-order valence-electron chi connectivity index (χ0n) is 12.4. The number of ether oxygens (including phenoxy) is 1. The number of carbonyl (C=O) groups excluding carboxylic acids is 2. The topological polar surface area (TPSA) is 63.0 Å². The van der Waals surface area contributed by atoms with Crippen LogP contribution in [0.15, 0.2) is 36.9 Å². The molecule has 114 valence electrons. The molecule has 1 amide bonds. The van der Waals surface area contributed by atoms with E-state index < -0.39 is 5.97 Å². The number of hydrogen-bond acceptors (Lipinski definition) is 4. The lowest BCUT2D eigenvalue weighted by atomic mass is 10.1. The van der Waals surface area contributed by atoms with Crippen molar-refractivity contribution in [2.45, 2.75) is 18.9 Å². The number of nitrogens with zero attached hydrogens (tertiary/aromatic N) is 2. The molecule has 0 bridgehead atoms. The van der Waals surface area contributed by atoms with Gasteiger partial charge in [-0.1, -0.05) is 18.2 Å². The van der Waals surface area contributed by atoms with Crippen LogP contribution in [0.25, 0.3) is 4.95 Å². The smallest absolute Gasteiger partial charge is 0.455 e. The molecule has 1 aliphatic heterocycles. The molecular formula is C16H18N3O3+. The van der Waals surface area contributed by atoms with Crippen LogP contribution >= 0.6 is 0 Å². The Hall–Kier alpha value is -2.81. The minimum Gasteiger partial charge on any atom is -0.455 e. The first-order chi connectivity index (χ1) is 10.7. The fourth-order valence-corrected chi connectivity index (χ4v) is 2.39. The van der Waals surface area contributed by atoms with Crippen LogP contribution < -0.4 is 5.43 Å². The quantitative estimate of drug-likeness (QED) is 0.403. The second-order valence-electron chi connectivity index (χ2n) is 4.82. The molecule has 1 atom stereocenters. The summed E-state index contributed by atoms with van der Waals surface area (Å²) in [5.41, 5.74) is 3.66. The molecule has 1 N–H and O–H groups in total. The number of rotatable bonds is 3. The number of carbonyl (C=O) groups is 2. The Labute approximate surface area is 129 Å². The van der Waals surface area contributed by atoms with Gasteiger partial charge in [0, 0.05) is 6.54 Å². The van der Waals surface area contributed by atoms with E-state index in [0.29, 0.717) is 17.8 Å². The number of amides is 1. The Morgan fingerprint density at radius 3 is 3.00 bits per heavy atom. The SMILES string of the molecule is C=C[C@@H]1CCCN1C(=O)c1ccccc1N[N+]#CC(=O)OC. The van der Waals surface area contributed by atoms with Crippen LogP contribution in [0.5, 0.6) is 0 Å². The molecule has 22 heavy (non-hydrogen) atoms. The molecule has 6 heteroatoms. The monoisotopic (exact) mass is 300 g/mol. The van der Waals surface area contributed by atoms with Crippen molar-refractivity contribution in [1.82, 2.24) is 4.90 Å². The molecule has 0 aliphatic carbocycles. The minimum atomic E-state index is -0.692. The zero-order chi connectivity index (χ0) is 15.9. The summed E-state index contributed by atoms with van der Waals surface area (Å²) >= 11 is 0. The van der Waals surface area contributed by atoms with E-state index in [9.17, 15) is 9.59 Å². The molecule has 1 heterocycles. The van der Waals surface area contributed by atoms with Crippen LogP contribution in [-0.4, -0.2) is 36.5 Å². The maximum Gasteiger partial charge on any atom is 0.463 e. The standard InChI is InChI=1S/C16H17N3O3/c1-3-12-7-6-10-19(12)16(21)13-8-4-5-9-14(13)18-17-11-15(20)22-2/h3-5,8-9,12H,1,6-7,10H2,2H3/p+1/t12-/m1/s1. The number of benzene rings is 1. The summed E-state index contributed by atoms with van der Waals surface area (Å²) in [5, 5.41) is 0. The van der Waals surface area contributed by atoms with Crippen molar-refractivity contribution >= 4 is 17.6 Å². The summed E-state index contributed by atoms with van der Waals surface area (Å²) in [7, 11) is 1.24. The maximum atomic E-state index is 12.7. The van der Waals surface area contributed by atoms with Gasteiger partial charge in [0.15, 0.2) is 0 Å². The van der Waals surface area contributed by atoms with Gasteiger partial charge in [0.05, 0.1) is 23.7 Å². The van der Waals surface area contributed by atoms with Gasteiger partial charge >= 0.3 is 12.0 Å². The molecule has 1 saturated heterocycles. The fraction of sp³-hybridized carbons (Fsp3) is 0.312. The van der Waals surface area contributed by atoms with E-state index in [1.54, 1.807) is 35.2 Å². The summed E-state index contributed by atoms with van der Waals surface area (Å²) < 4.78 is 4.41. The van der Waals surface area contributed by atoms with Crippen LogP contribution in [0, 0.1) is 6.07 Å². The Bertz CT molecular complexity index is 646. The average Bonchev–Trinajstić information content (AvgIpc) is 3.03. The second kappa shape index (κ2) is 7.27. The summed E-state index contributed by atoms with van der Waals surface area (Å²) in [4.78, 5) is 29.1. The molecule has 6 nitrogen and oxygen atoms in total. The molecule has 0 unspecified atom stereocenters. The van der Waals surface area contributed by atoms with E-state index in [0.717, 1.165) is 12.8 Å². The predicted octanol–water partition coefficient (Wildman–Crippen LogP) is 2.31. The Morgan fingerprint density at radius 2 is 2.27 bits per heavy atom. The number of likely N-dealkylation sites (tertiary alicyclic amines) is 1. The van der Waals surface area contributed by atoms with Crippen LogP contribution in [0.1, 0.15) is 23.2 Å². The maximum absolute atomic E-state index is 12.7. The van der Waals surface area contributed by atoms with Gasteiger partial charge in [-0.3, -0.25) is 4.79 Å². The predicted molar refractivity (Wildman–Crippen MR) is 83.6 cm³/mol. The van der Waals surface area contributed by atoms with E-state index in [1.165, 1.54) is 7.11 Å². The second-order valence-corrected chi connectivity index (χ2v) is 4.82. The lowest BCUT2D eigenvalue weighted by Crippen LogP contribution is -2.34. The van der Waals surface area contributed by atoms with Crippen molar-refractivity contribution < 1.29 is 14.3 Å². The highest BCUT2D eigenvalue weighted by atomic mass is 16.5. The average molecular weight is 300 g/mol. The lowest BCUT2D eigenvalue weighted by Gasteiger charge is -2.22. The Morgan fingerprint density at radius 1 is 1.50 bits per heavy atom. The highest BCUT2D eigenvalue weighted by Gasteiger charge is 2.28. The van der Waals surface area contributed by atoms with E-state index in [4.69, 9.17) is 0 Å². The lowest BCUT2D eigenvalue weighted by molar-refractivity contribution is -0.133. The first-order valence-corrected chi connectivity index (χ1v) is 6.99. The molecule has 0 radical (unpaired) electrons. The number of nitrogens with one attached hydrogen (secondary N) is 1. The zero-order valence-corrected chi connectivity index (χ0v) is 12.4. The molecule has 0 saturated carbocycles. The van der Waals surface area contributed by atoms with Crippen LogP contribution in [0.3, 0.4) is 0 Å². The molecule has 1 aliphatic rings. The number of hydrogen-bond donors (Lipinski definition) is 1. The first-order valence-electron chi connectivity index (χ1n) is 6.99. The molecule has 2 rings (SSSR count). The van der Waals surface area contributed by atoms with Crippen molar-refractivity contribution in [1.29, 1.82) is 0 Å². The number of anilines is 1.